The Balaban J connectivity index is 1.30. The summed E-state index contributed by atoms with van der Waals surface area (Å²) in [5.74, 6) is 0. The third kappa shape index (κ3) is 7.32. The fourth-order valence-corrected chi connectivity index (χ4v) is 6.05. The normalized spacial score (nSPS) is 11.0. The van der Waals surface area contributed by atoms with Crippen molar-refractivity contribution in [3.8, 4) is 11.1 Å². The molecule has 47 heavy (non-hydrogen) atoms. The summed E-state index contributed by atoms with van der Waals surface area (Å²) in [7, 11) is 1.73. The maximum atomic E-state index is 5.34. The van der Waals surface area contributed by atoms with Crippen molar-refractivity contribution < 1.29 is 4.74 Å². The van der Waals surface area contributed by atoms with Crippen molar-refractivity contribution in [2.45, 2.75) is 46.6 Å². The van der Waals surface area contributed by atoms with Gasteiger partial charge in [0.1, 0.15) is 0 Å². The summed E-state index contributed by atoms with van der Waals surface area (Å²) >= 11 is 0. The molecule has 0 amide bonds. The fourth-order valence-electron chi connectivity index (χ4n) is 6.05. The molecule has 3 heteroatoms. The average Bonchev–Trinajstić information content (AvgIpc) is 3.14. The van der Waals surface area contributed by atoms with Crippen LogP contribution in [-0.4, -0.2) is 7.11 Å². The quantitative estimate of drug-likeness (QED) is 0.136. The zero-order valence-corrected chi connectivity index (χ0v) is 28.0. The molecule has 0 aliphatic rings. The second-order valence-corrected chi connectivity index (χ2v) is 11.9. The maximum Gasteiger partial charge on any atom is 0.0713 e. The first-order valence-corrected chi connectivity index (χ1v) is 16.8. The van der Waals surface area contributed by atoms with Gasteiger partial charge in [-0.3, -0.25) is 0 Å². The molecule has 0 aliphatic heterocycles. The molecule has 0 bridgehead atoms. The van der Waals surface area contributed by atoms with Crippen LogP contribution in [-0.2, 0) is 30.6 Å². The minimum Gasteiger partial charge on any atom is -0.380 e. The van der Waals surface area contributed by atoms with Crippen molar-refractivity contribution in [3.05, 3.63) is 168 Å². The van der Waals surface area contributed by atoms with Crippen LogP contribution in [0.5, 0.6) is 0 Å². The summed E-state index contributed by atoms with van der Waals surface area (Å²) in [4.78, 5) is 4.65. The van der Waals surface area contributed by atoms with Crippen LogP contribution in [0.25, 0.3) is 11.1 Å². The van der Waals surface area contributed by atoms with Crippen molar-refractivity contribution in [2.75, 3.05) is 16.9 Å². The molecular formula is C44H44N2O. The van der Waals surface area contributed by atoms with E-state index in [1.807, 2.05) is 0 Å². The molecule has 0 saturated carbocycles. The van der Waals surface area contributed by atoms with Crippen LogP contribution in [0.2, 0.25) is 0 Å². The Morgan fingerprint density at radius 2 is 0.574 bits per heavy atom. The van der Waals surface area contributed by atoms with E-state index in [0.29, 0.717) is 6.61 Å². The smallest absolute Gasteiger partial charge is 0.0713 e. The van der Waals surface area contributed by atoms with Gasteiger partial charge in [-0.15, -0.1) is 0 Å². The van der Waals surface area contributed by atoms with E-state index in [1.54, 1.807) is 7.11 Å². The lowest BCUT2D eigenvalue weighted by Crippen LogP contribution is -2.10. The SMILES string of the molecule is CCc1ccc(N(c2ccc(CC)cc2)c2ccc(-c3ccc(N(c4ccc(CC)cc4)c4ccc(COC)cc4)cc3)cc2)cc1. The molecule has 0 heterocycles. The van der Waals surface area contributed by atoms with Crippen molar-refractivity contribution in [2.24, 2.45) is 0 Å². The van der Waals surface area contributed by atoms with Gasteiger partial charge in [-0.1, -0.05) is 93.6 Å². The van der Waals surface area contributed by atoms with Crippen LogP contribution in [0, 0.1) is 0 Å². The van der Waals surface area contributed by atoms with Gasteiger partial charge in [-0.2, -0.15) is 0 Å². The third-order valence-corrected chi connectivity index (χ3v) is 8.90. The highest BCUT2D eigenvalue weighted by Gasteiger charge is 2.15. The summed E-state index contributed by atoms with van der Waals surface area (Å²) < 4.78 is 5.34. The van der Waals surface area contributed by atoms with Gasteiger partial charge in [0.25, 0.3) is 0 Å². The number of rotatable bonds is 12. The van der Waals surface area contributed by atoms with E-state index in [-0.39, 0.29) is 0 Å². The number of anilines is 6. The molecule has 0 unspecified atom stereocenters. The Morgan fingerprint density at radius 1 is 0.340 bits per heavy atom. The van der Waals surface area contributed by atoms with Crippen LogP contribution in [0.3, 0.4) is 0 Å². The second-order valence-electron chi connectivity index (χ2n) is 11.9. The van der Waals surface area contributed by atoms with Gasteiger partial charge >= 0.3 is 0 Å². The van der Waals surface area contributed by atoms with Crippen LogP contribution >= 0.6 is 0 Å². The Kier molecular flexibility index (Phi) is 10.2. The van der Waals surface area contributed by atoms with E-state index in [0.717, 1.165) is 59.0 Å². The molecule has 0 spiro atoms. The topological polar surface area (TPSA) is 15.7 Å². The molecule has 0 fully saturated rings. The molecule has 6 aromatic rings. The number of hydrogen-bond acceptors (Lipinski definition) is 3. The molecule has 6 aromatic carbocycles. The molecule has 0 saturated heterocycles. The highest BCUT2D eigenvalue weighted by Crippen LogP contribution is 2.38. The first-order chi connectivity index (χ1) is 23.1. The average molecular weight is 617 g/mol. The molecule has 0 N–H and O–H groups in total. The van der Waals surface area contributed by atoms with E-state index >= 15 is 0 Å². The zero-order valence-electron chi connectivity index (χ0n) is 28.0. The summed E-state index contributed by atoms with van der Waals surface area (Å²) in [6.45, 7) is 7.19. The van der Waals surface area contributed by atoms with Gasteiger partial charge in [0.2, 0.25) is 0 Å². The number of hydrogen-bond donors (Lipinski definition) is 0. The molecule has 0 aliphatic carbocycles. The van der Waals surface area contributed by atoms with Gasteiger partial charge in [0.05, 0.1) is 6.61 Å². The molecule has 0 aromatic heterocycles. The Bertz CT molecular complexity index is 1790. The Labute approximate surface area is 280 Å². The monoisotopic (exact) mass is 616 g/mol. The highest BCUT2D eigenvalue weighted by molar-refractivity contribution is 5.81. The minimum absolute atomic E-state index is 0.604. The molecular weight excluding hydrogens is 572 g/mol. The third-order valence-electron chi connectivity index (χ3n) is 8.90. The maximum absolute atomic E-state index is 5.34. The van der Waals surface area contributed by atoms with Crippen LogP contribution in [0.4, 0.5) is 34.1 Å². The molecule has 236 valence electrons. The van der Waals surface area contributed by atoms with E-state index in [9.17, 15) is 0 Å². The van der Waals surface area contributed by atoms with Gasteiger partial charge in [-0.05, 0) is 125 Å². The summed E-state index contributed by atoms with van der Waals surface area (Å²) in [5, 5.41) is 0. The lowest BCUT2D eigenvalue weighted by atomic mass is 10.0. The van der Waals surface area contributed by atoms with Crippen LogP contribution < -0.4 is 9.80 Å². The van der Waals surface area contributed by atoms with E-state index in [1.165, 1.54) is 27.8 Å². The number of methoxy groups -OCH3 is 1. The van der Waals surface area contributed by atoms with Crippen molar-refractivity contribution in [1.29, 1.82) is 0 Å². The Morgan fingerprint density at radius 3 is 0.809 bits per heavy atom. The van der Waals surface area contributed by atoms with Crippen LogP contribution in [0.1, 0.15) is 43.0 Å². The van der Waals surface area contributed by atoms with Crippen molar-refractivity contribution >= 4 is 34.1 Å². The second kappa shape index (κ2) is 15.0. The summed E-state index contributed by atoms with van der Waals surface area (Å²) in [6.07, 6.45) is 3.08. The number of ether oxygens (including phenoxy) is 1. The zero-order chi connectivity index (χ0) is 32.6. The lowest BCUT2D eigenvalue weighted by molar-refractivity contribution is 0.185. The van der Waals surface area contributed by atoms with Gasteiger partial charge in [0.15, 0.2) is 0 Å². The first kappa shape index (κ1) is 31.8. The van der Waals surface area contributed by atoms with Crippen LogP contribution in [0.15, 0.2) is 146 Å². The number of aryl methyl sites for hydroxylation is 3. The lowest BCUT2D eigenvalue weighted by Gasteiger charge is -2.26. The van der Waals surface area contributed by atoms with E-state index in [2.05, 4.69) is 176 Å². The summed E-state index contributed by atoms with van der Waals surface area (Å²) in [5.41, 5.74) is 14.4. The first-order valence-electron chi connectivity index (χ1n) is 16.8. The largest absolute Gasteiger partial charge is 0.380 e. The van der Waals surface area contributed by atoms with Gasteiger partial charge in [-0.25, -0.2) is 0 Å². The molecule has 3 nitrogen and oxygen atoms in total. The standard InChI is InChI=1S/C44H44N2O/c1-5-33-8-20-39(21-9-33)45(40-22-10-34(6-2)11-23-40)43-28-16-37(17-29-43)38-18-30-44(31-19-38)46(41-24-12-35(7-3)13-25-41)42-26-14-36(15-27-42)32-47-4/h8-31H,5-7,32H2,1-4H3. The Hall–Kier alpha value is -5.12. The molecule has 0 atom stereocenters. The van der Waals surface area contributed by atoms with Crippen molar-refractivity contribution in [1.82, 2.24) is 0 Å². The summed E-state index contributed by atoms with van der Waals surface area (Å²) in [6, 6.07) is 53.1. The minimum atomic E-state index is 0.604. The number of nitrogens with zero attached hydrogens (tertiary/aromatic N) is 2. The number of benzene rings is 6. The van der Waals surface area contributed by atoms with E-state index in [4.69, 9.17) is 4.74 Å². The predicted molar refractivity (Wildman–Crippen MR) is 200 cm³/mol. The van der Waals surface area contributed by atoms with Gasteiger partial charge in [0, 0.05) is 41.2 Å². The highest BCUT2D eigenvalue weighted by atomic mass is 16.5. The predicted octanol–water partition coefficient (Wildman–Crippen LogP) is 12.1. The molecule has 0 radical (unpaired) electrons. The molecule has 6 rings (SSSR count). The van der Waals surface area contributed by atoms with E-state index < -0.39 is 0 Å². The fraction of sp³-hybridized carbons (Fsp3) is 0.182. The van der Waals surface area contributed by atoms with Crippen molar-refractivity contribution in [3.63, 3.8) is 0 Å². The van der Waals surface area contributed by atoms with Gasteiger partial charge < -0.3 is 14.5 Å².